The first-order valence-electron chi connectivity index (χ1n) is 10.1. The topological polar surface area (TPSA) is 41.6 Å². The largest absolute Gasteiger partial charge is 0.494 e. The number of benzene rings is 3. The molecule has 1 aliphatic rings. The van der Waals surface area contributed by atoms with Crippen molar-refractivity contribution in [2.75, 3.05) is 18.5 Å². The minimum absolute atomic E-state index is 0.114. The van der Waals surface area contributed by atoms with E-state index in [0.29, 0.717) is 12.2 Å². The molecular formula is C25H26N2O2. The summed E-state index contributed by atoms with van der Waals surface area (Å²) < 4.78 is 5.49. The second kappa shape index (κ2) is 8.93. The van der Waals surface area contributed by atoms with Crippen LogP contribution < -0.4 is 10.1 Å². The zero-order chi connectivity index (χ0) is 20.1. The van der Waals surface area contributed by atoms with Crippen molar-refractivity contribution in [1.82, 2.24) is 4.90 Å². The summed E-state index contributed by atoms with van der Waals surface area (Å²) in [4.78, 5) is 15.0. The van der Waals surface area contributed by atoms with Crippen LogP contribution in [0.3, 0.4) is 0 Å². The van der Waals surface area contributed by atoms with E-state index in [1.54, 1.807) is 0 Å². The lowest BCUT2D eigenvalue weighted by Crippen LogP contribution is -2.29. The molecule has 4 nitrogen and oxygen atoms in total. The number of rotatable bonds is 6. The SMILES string of the molecule is CCOc1cccc(NC(=O)c2ccc(CN3CCc4ccccc4C3)cc2)c1. The Morgan fingerprint density at radius 1 is 1.00 bits per heavy atom. The molecule has 0 unspecified atom stereocenters. The average Bonchev–Trinajstić information content (AvgIpc) is 2.75. The number of hydrogen-bond acceptors (Lipinski definition) is 3. The summed E-state index contributed by atoms with van der Waals surface area (Å²) in [5, 5.41) is 2.94. The summed E-state index contributed by atoms with van der Waals surface area (Å²) in [6.07, 6.45) is 1.09. The van der Waals surface area contributed by atoms with E-state index in [2.05, 4.69) is 34.5 Å². The normalized spacial score (nSPS) is 13.6. The van der Waals surface area contributed by atoms with Gasteiger partial charge in [0.25, 0.3) is 5.91 Å². The second-order valence-electron chi connectivity index (χ2n) is 7.34. The zero-order valence-corrected chi connectivity index (χ0v) is 16.7. The minimum atomic E-state index is -0.114. The molecule has 4 heteroatoms. The Kier molecular flexibility index (Phi) is 5.92. The van der Waals surface area contributed by atoms with Crippen molar-refractivity contribution >= 4 is 11.6 Å². The highest BCUT2D eigenvalue weighted by Crippen LogP contribution is 2.21. The van der Waals surface area contributed by atoms with E-state index in [-0.39, 0.29) is 5.91 Å². The van der Waals surface area contributed by atoms with Gasteiger partial charge < -0.3 is 10.1 Å². The number of amides is 1. The smallest absolute Gasteiger partial charge is 0.255 e. The summed E-state index contributed by atoms with van der Waals surface area (Å²) in [6.45, 7) is 5.48. The molecule has 1 amide bonds. The lowest BCUT2D eigenvalue weighted by Gasteiger charge is -2.28. The molecule has 1 heterocycles. The summed E-state index contributed by atoms with van der Waals surface area (Å²) in [5.74, 6) is 0.640. The Hall–Kier alpha value is -3.11. The Bertz CT molecular complexity index is 982. The number of carbonyl (C=O) groups is 1. The van der Waals surface area contributed by atoms with Gasteiger partial charge in [0.15, 0.2) is 0 Å². The first-order chi connectivity index (χ1) is 14.2. The molecule has 0 bridgehead atoms. The molecule has 1 aliphatic heterocycles. The minimum Gasteiger partial charge on any atom is -0.494 e. The van der Waals surface area contributed by atoms with Crippen LogP contribution >= 0.6 is 0 Å². The monoisotopic (exact) mass is 386 g/mol. The Labute approximate surface area is 172 Å². The Morgan fingerprint density at radius 2 is 1.79 bits per heavy atom. The molecular weight excluding hydrogens is 360 g/mol. The van der Waals surface area contributed by atoms with E-state index in [4.69, 9.17) is 4.74 Å². The van der Waals surface area contributed by atoms with Gasteiger partial charge in [-0.1, -0.05) is 42.5 Å². The van der Waals surface area contributed by atoms with E-state index >= 15 is 0 Å². The van der Waals surface area contributed by atoms with Gasteiger partial charge in [-0.3, -0.25) is 9.69 Å². The molecule has 0 radical (unpaired) electrons. The number of ether oxygens (including phenoxy) is 1. The maximum absolute atomic E-state index is 12.6. The van der Waals surface area contributed by atoms with E-state index in [9.17, 15) is 4.79 Å². The molecule has 0 aliphatic carbocycles. The van der Waals surface area contributed by atoms with Crippen LogP contribution in [0.4, 0.5) is 5.69 Å². The molecule has 1 N–H and O–H groups in total. The van der Waals surface area contributed by atoms with Crippen LogP contribution in [0.25, 0.3) is 0 Å². The Balaban J connectivity index is 1.36. The van der Waals surface area contributed by atoms with Gasteiger partial charge in [-0.05, 0) is 54.3 Å². The maximum atomic E-state index is 12.6. The van der Waals surface area contributed by atoms with Crippen molar-refractivity contribution < 1.29 is 9.53 Å². The highest BCUT2D eigenvalue weighted by molar-refractivity contribution is 6.04. The van der Waals surface area contributed by atoms with Crippen molar-refractivity contribution in [2.45, 2.75) is 26.4 Å². The highest BCUT2D eigenvalue weighted by Gasteiger charge is 2.16. The van der Waals surface area contributed by atoms with E-state index in [1.165, 1.54) is 16.7 Å². The fourth-order valence-electron chi connectivity index (χ4n) is 3.74. The molecule has 0 fully saturated rings. The number of anilines is 1. The average molecular weight is 386 g/mol. The number of fused-ring (bicyclic) bond motifs is 1. The van der Waals surface area contributed by atoms with Crippen LogP contribution in [-0.2, 0) is 19.5 Å². The fraction of sp³-hybridized carbons (Fsp3) is 0.240. The van der Waals surface area contributed by atoms with Crippen molar-refractivity contribution in [3.8, 4) is 5.75 Å². The molecule has 4 rings (SSSR count). The van der Waals surface area contributed by atoms with Crippen LogP contribution in [0.5, 0.6) is 5.75 Å². The first kappa shape index (κ1) is 19.2. The third-order valence-electron chi connectivity index (χ3n) is 5.23. The number of carbonyl (C=O) groups excluding carboxylic acids is 1. The summed E-state index contributed by atoms with van der Waals surface area (Å²) >= 11 is 0. The molecule has 148 valence electrons. The van der Waals surface area contributed by atoms with Gasteiger partial charge in [0.1, 0.15) is 5.75 Å². The maximum Gasteiger partial charge on any atom is 0.255 e. The van der Waals surface area contributed by atoms with Crippen molar-refractivity contribution in [2.24, 2.45) is 0 Å². The third kappa shape index (κ3) is 4.84. The van der Waals surface area contributed by atoms with Crippen LogP contribution in [0.1, 0.15) is 34.0 Å². The zero-order valence-electron chi connectivity index (χ0n) is 16.7. The highest BCUT2D eigenvalue weighted by atomic mass is 16.5. The van der Waals surface area contributed by atoms with Gasteiger partial charge in [-0.15, -0.1) is 0 Å². The van der Waals surface area contributed by atoms with Crippen LogP contribution in [0.15, 0.2) is 72.8 Å². The first-order valence-corrected chi connectivity index (χ1v) is 10.1. The van der Waals surface area contributed by atoms with Crippen molar-refractivity contribution in [3.63, 3.8) is 0 Å². The van der Waals surface area contributed by atoms with Gasteiger partial charge in [0.05, 0.1) is 6.61 Å². The molecule has 29 heavy (non-hydrogen) atoms. The van der Waals surface area contributed by atoms with Gasteiger partial charge >= 0.3 is 0 Å². The molecule has 0 aromatic heterocycles. The fourth-order valence-corrected chi connectivity index (χ4v) is 3.74. The van der Waals surface area contributed by atoms with Gasteiger partial charge in [0.2, 0.25) is 0 Å². The Morgan fingerprint density at radius 3 is 2.59 bits per heavy atom. The molecule has 0 saturated carbocycles. The van der Waals surface area contributed by atoms with Crippen molar-refractivity contribution in [1.29, 1.82) is 0 Å². The quantitative estimate of drug-likeness (QED) is 0.655. The van der Waals surface area contributed by atoms with Crippen LogP contribution in [0, 0.1) is 0 Å². The molecule has 0 atom stereocenters. The molecule has 0 spiro atoms. The third-order valence-corrected chi connectivity index (χ3v) is 5.23. The number of hydrogen-bond donors (Lipinski definition) is 1. The van der Waals surface area contributed by atoms with E-state index < -0.39 is 0 Å². The van der Waals surface area contributed by atoms with Crippen molar-refractivity contribution in [3.05, 3.63) is 95.1 Å². The predicted octanol–water partition coefficient (Wildman–Crippen LogP) is 4.90. The second-order valence-corrected chi connectivity index (χ2v) is 7.34. The number of nitrogens with zero attached hydrogens (tertiary/aromatic N) is 1. The van der Waals surface area contributed by atoms with E-state index in [1.807, 2.05) is 55.5 Å². The lowest BCUT2D eigenvalue weighted by molar-refractivity contribution is 0.102. The molecule has 3 aromatic rings. The van der Waals surface area contributed by atoms with Gasteiger partial charge in [-0.2, -0.15) is 0 Å². The summed E-state index contributed by atoms with van der Waals surface area (Å²) in [7, 11) is 0. The van der Waals surface area contributed by atoms with Crippen LogP contribution in [-0.4, -0.2) is 24.0 Å². The van der Waals surface area contributed by atoms with Gasteiger partial charge in [0, 0.05) is 37.0 Å². The molecule has 3 aromatic carbocycles. The van der Waals surface area contributed by atoms with Gasteiger partial charge in [-0.25, -0.2) is 0 Å². The van der Waals surface area contributed by atoms with Crippen LogP contribution in [0.2, 0.25) is 0 Å². The lowest BCUT2D eigenvalue weighted by atomic mass is 9.99. The standard InChI is InChI=1S/C25H26N2O2/c1-2-29-24-9-5-8-23(16-24)26-25(28)21-12-10-19(11-13-21)17-27-15-14-20-6-3-4-7-22(20)18-27/h3-13,16H,2,14-15,17-18H2,1H3,(H,26,28). The predicted molar refractivity (Wildman–Crippen MR) is 116 cm³/mol. The van der Waals surface area contributed by atoms with E-state index in [0.717, 1.165) is 37.5 Å². The molecule has 0 saturated heterocycles. The summed E-state index contributed by atoms with van der Waals surface area (Å²) in [6, 6.07) is 24.0. The number of nitrogens with one attached hydrogen (secondary N) is 1. The summed E-state index contributed by atoms with van der Waals surface area (Å²) in [5.41, 5.74) is 5.49.